The average molecular weight is 258 g/mol. The summed E-state index contributed by atoms with van der Waals surface area (Å²) >= 11 is 1.77. The Kier molecular flexibility index (Phi) is 5.71. The van der Waals surface area contributed by atoms with Crippen LogP contribution in [0.25, 0.3) is 0 Å². The molecule has 1 aromatic rings. The highest BCUT2D eigenvalue weighted by Crippen LogP contribution is 2.21. The lowest BCUT2D eigenvalue weighted by Gasteiger charge is -2.29. The monoisotopic (exact) mass is 258 g/mol. The highest BCUT2D eigenvalue weighted by molar-refractivity contribution is 7.98. The van der Waals surface area contributed by atoms with E-state index in [9.17, 15) is 9.50 Å². The highest BCUT2D eigenvalue weighted by Gasteiger charge is 2.17. The molecule has 0 aliphatic heterocycles. The van der Waals surface area contributed by atoms with Gasteiger partial charge < -0.3 is 10.0 Å². The van der Waals surface area contributed by atoms with E-state index in [-0.39, 0.29) is 6.61 Å². The zero-order valence-corrected chi connectivity index (χ0v) is 11.3. The smallest absolute Gasteiger partial charge is 0.142 e. The molecule has 17 heavy (non-hydrogen) atoms. The number of hydrogen-bond donors (Lipinski definition) is 1. The van der Waals surface area contributed by atoms with Crippen molar-refractivity contribution in [3.05, 3.63) is 23.6 Å². The van der Waals surface area contributed by atoms with E-state index < -0.39 is 5.82 Å². The van der Waals surface area contributed by atoms with Gasteiger partial charge in [0.2, 0.25) is 0 Å². The first-order chi connectivity index (χ1) is 8.13. The fourth-order valence-corrected chi connectivity index (χ4v) is 2.62. The van der Waals surface area contributed by atoms with Gasteiger partial charge in [-0.15, -0.1) is 0 Å². The van der Waals surface area contributed by atoms with Gasteiger partial charge in [0.25, 0.3) is 0 Å². The lowest BCUT2D eigenvalue weighted by molar-refractivity contribution is 0.281. The fraction of sp³-hybridized carbons (Fsp3) is 0.583. The molecular weight excluding hydrogens is 239 g/mol. The molecule has 0 aliphatic rings. The second-order valence-electron chi connectivity index (χ2n) is 3.92. The van der Waals surface area contributed by atoms with Gasteiger partial charge in [0.1, 0.15) is 11.6 Å². The van der Waals surface area contributed by atoms with Crippen LogP contribution in [0.5, 0.6) is 0 Å². The third-order valence-corrected chi connectivity index (χ3v) is 3.51. The number of rotatable bonds is 6. The summed E-state index contributed by atoms with van der Waals surface area (Å²) in [5, 5.41) is 9.24. The third-order valence-electron chi connectivity index (χ3n) is 2.79. The van der Waals surface area contributed by atoms with Crippen LogP contribution in [0.1, 0.15) is 18.9 Å². The van der Waals surface area contributed by atoms with Crippen LogP contribution in [-0.4, -0.2) is 35.2 Å². The van der Waals surface area contributed by atoms with Crippen LogP contribution in [-0.2, 0) is 6.61 Å². The Balaban J connectivity index is 2.97. The van der Waals surface area contributed by atoms with Crippen LogP contribution in [0.4, 0.5) is 10.2 Å². The highest BCUT2D eigenvalue weighted by atomic mass is 32.2. The van der Waals surface area contributed by atoms with Crippen LogP contribution in [0.3, 0.4) is 0 Å². The quantitative estimate of drug-likeness (QED) is 0.849. The number of thioether (sulfide) groups is 1. The summed E-state index contributed by atoms with van der Waals surface area (Å²) < 4.78 is 13.0. The van der Waals surface area contributed by atoms with Gasteiger partial charge in [0, 0.05) is 24.4 Å². The number of aliphatic hydroxyl groups excluding tert-OH is 1. The first-order valence-electron chi connectivity index (χ1n) is 5.61. The SMILES string of the molecule is CCC(CSC)N(C)c1ncc(F)cc1CO. The molecule has 0 saturated heterocycles. The molecule has 0 fully saturated rings. The summed E-state index contributed by atoms with van der Waals surface area (Å²) in [6, 6.07) is 1.68. The van der Waals surface area contributed by atoms with Crippen molar-refractivity contribution in [2.75, 3.05) is 24.0 Å². The normalized spacial score (nSPS) is 12.5. The minimum atomic E-state index is -0.413. The molecule has 0 aromatic carbocycles. The average Bonchev–Trinajstić information content (AvgIpc) is 2.34. The van der Waals surface area contributed by atoms with Crippen LogP contribution < -0.4 is 4.90 Å². The van der Waals surface area contributed by atoms with Crippen molar-refractivity contribution in [1.29, 1.82) is 0 Å². The number of hydrogen-bond acceptors (Lipinski definition) is 4. The summed E-state index contributed by atoms with van der Waals surface area (Å²) in [7, 11) is 1.93. The maximum absolute atomic E-state index is 13.0. The predicted molar refractivity (Wildman–Crippen MR) is 71.0 cm³/mol. The van der Waals surface area contributed by atoms with E-state index in [1.54, 1.807) is 11.8 Å². The molecule has 3 nitrogen and oxygen atoms in total. The molecule has 0 spiro atoms. The standard InChI is InChI=1S/C12H19FN2OS/c1-4-11(8-17-3)15(2)12-9(7-16)5-10(13)6-14-12/h5-6,11,16H,4,7-8H2,1-3H3. The van der Waals surface area contributed by atoms with Crippen LogP contribution >= 0.6 is 11.8 Å². The van der Waals surface area contributed by atoms with E-state index in [0.29, 0.717) is 17.4 Å². The number of aliphatic hydroxyl groups is 1. The lowest BCUT2D eigenvalue weighted by Crippen LogP contribution is -2.34. The number of halogens is 1. The molecular formula is C12H19FN2OS. The summed E-state index contributed by atoms with van der Waals surface area (Å²) in [6.07, 6.45) is 4.24. The largest absolute Gasteiger partial charge is 0.392 e. The molecule has 1 heterocycles. The van der Waals surface area contributed by atoms with Crippen molar-refractivity contribution >= 4 is 17.6 Å². The van der Waals surface area contributed by atoms with Crippen molar-refractivity contribution in [3.63, 3.8) is 0 Å². The topological polar surface area (TPSA) is 36.4 Å². The summed E-state index contributed by atoms with van der Waals surface area (Å²) in [5.74, 6) is 1.23. The Bertz CT molecular complexity index is 362. The first-order valence-corrected chi connectivity index (χ1v) is 7.00. The van der Waals surface area contributed by atoms with Gasteiger partial charge in [-0.1, -0.05) is 6.92 Å². The molecule has 1 rings (SSSR count). The van der Waals surface area contributed by atoms with Gasteiger partial charge in [0.15, 0.2) is 0 Å². The summed E-state index contributed by atoms with van der Waals surface area (Å²) in [5.41, 5.74) is 0.534. The number of nitrogens with zero attached hydrogens (tertiary/aromatic N) is 2. The summed E-state index contributed by atoms with van der Waals surface area (Å²) in [4.78, 5) is 6.10. The zero-order valence-electron chi connectivity index (χ0n) is 10.5. The van der Waals surface area contributed by atoms with E-state index in [2.05, 4.69) is 18.2 Å². The maximum atomic E-state index is 13.0. The molecule has 1 aromatic heterocycles. The van der Waals surface area contributed by atoms with E-state index >= 15 is 0 Å². The van der Waals surface area contributed by atoms with E-state index in [1.165, 1.54) is 12.3 Å². The third kappa shape index (κ3) is 3.57. The first kappa shape index (κ1) is 14.3. The molecule has 1 N–H and O–H groups in total. The van der Waals surface area contributed by atoms with Gasteiger partial charge >= 0.3 is 0 Å². The molecule has 0 saturated carbocycles. The van der Waals surface area contributed by atoms with E-state index in [1.807, 2.05) is 11.9 Å². The molecule has 96 valence electrons. The van der Waals surface area contributed by atoms with Crippen molar-refractivity contribution in [2.24, 2.45) is 0 Å². The molecule has 0 aliphatic carbocycles. The Morgan fingerprint density at radius 1 is 1.59 bits per heavy atom. The molecule has 0 amide bonds. The van der Waals surface area contributed by atoms with Crippen molar-refractivity contribution in [1.82, 2.24) is 4.98 Å². The molecule has 0 bridgehead atoms. The number of aromatic nitrogens is 1. The minimum Gasteiger partial charge on any atom is -0.392 e. The van der Waals surface area contributed by atoms with Gasteiger partial charge in [-0.25, -0.2) is 9.37 Å². The molecule has 1 atom stereocenters. The van der Waals surface area contributed by atoms with Crippen LogP contribution in [0.15, 0.2) is 12.3 Å². The minimum absolute atomic E-state index is 0.194. The second kappa shape index (κ2) is 6.81. The van der Waals surface area contributed by atoms with Gasteiger partial charge in [0.05, 0.1) is 12.8 Å². The Morgan fingerprint density at radius 2 is 2.29 bits per heavy atom. The lowest BCUT2D eigenvalue weighted by atomic mass is 10.2. The molecule has 1 unspecified atom stereocenters. The van der Waals surface area contributed by atoms with Crippen molar-refractivity contribution in [3.8, 4) is 0 Å². The van der Waals surface area contributed by atoms with Gasteiger partial charge in [-0.3, -0.25) is 0 Å². The van der Waals surface area contributed by atoms with E-state index in [4.69, 9.17) is 0 Å². The maximum Gasteiger partial charge on any atom is 0.142 e. The van der Waals surface area contributed by atoms with Crippen LogP contribution in [0.2, 0.25) is 0 Å². The Morgan fingerprint density at radius 3 is 2.82 bits per heavy atom. The zero-order chi connectivity index (χ0) is 12.8. The van der Waals surface area contributed by atoms with Crippen molar-refractivity contribution in [2.45, 2.75) is 26.0 Å². The number of anilines is 1. The second-order valence-corrected chi connectivity index (χ2v) is 4.83. The van der Waals surface area contributed by atoms with Gasteiger partial charge in [-0.2, -0.15) is 11.8 Å². The number of pyridine rings is 1. The van der Waals surface area contributed by atoms with Gasteiger partial charge in [-0.05, 0) is 18.7 Å². The predicted octanol–water partition coefficient (Wildman–Crippen LogP) is 2.29. The Labute approximate surface area is 106 Å². The summed E-state index contributed by atoms with van der Waals surface area (Å²) in [6.45, 7) is 1.92. The fourth-order valence-electron chi connectivity index (χ4n) is 1.78. The molecule has 5 heteroatoms. The molecule has 0 radical (unpaired) electrons. The van der Waals surface area contributed by atoms with Crippen molar-refractivity contribution < 1.29 is 9.50 Å². The van der Waals surface area contributed by atoms with E-state index in [0.717, 1.165) is 12.2 Å². The Hall–Kier alpha value is -0.810. The van der Waals surface area contributed by atoms with Crippen LogP contribution in [0, 0.1) is 5.82 Å².